The van der Waals surface area contributed by atoms with Crippen molar-refractivity contribution in [1.82, 2.24) is 5.32 Å². The lowest BCUT2D eigenvalue weighted by Crippen LogP contribution is -2.45. The summed E-state index contributed by atoms with van der Waals surface area (Å²) in [7, 11) is 0. The van der Waals surface area contributed by atoms with Crippen LogP contribution in [0.5, 0.6) is 0 Å². The van der Waals surface area contributed by atoms with Gasteiger partial charge in [0.05, 0.1) is 25.4 Å². The minimum atomic E-state index is -0.844. The van der Waals surface area contributed by atoms with Gasteiger partial charge in [-0.1, -0.05) is 454 Å². The summed E-state index contributed by atoms with van der Waals surface area (Å²) in [5, 5.41) is 23.3. The van der Waals surface area contributed by atoms with Crippen molar-refractivity contribution in [3.8, 4) is 0 Å². The summed E-state index contributed by atoms with van der Waals surface area (Å²) in [6.45, 7) is 4.94. The van der Waals surface area contributed by atoms with Crippen molar-refractivity contribution < 1.29 is 24.5 Å². The van der Waals surface area contributed by atoms with Crippen molar-refractivity contribution in [3.63, 3.8) is 0 Å². The maximum absolute atomic E-state index is 12.6. The fourth-order valence-corrected chi connectivity index (χ4v) is 14.4. The third kappa shape index (κ3) is 84.6. The first-order valence-corrected chi connectivity index (χ1v) is 45.4. The second-order valence-corrected chi connectivity index (χ2v) is 31.3. The van der Waals surface area contributed by atoms with E-state index in [9.17, 15) is 19.8 Å². The van der Waals surface area contributed by atoms with E-state index >= 15 is 0 Å². The summed E-state index contributed by atoms with van der Waals surface area (Å²) >= 11 is 0. The van der Waals surface area contributed by atoms with Crippen LogP contribution in [0.1, 0.15) is 508 Å². The van der Waals surface area contributed by atoms with Gasteiger partial charge < -0.3 is 20.3 Å². The lowest BCUT2D eigenvalue weighted by Gasteiger charge is -2.20. The van der Waals surface area contributed by atoms with Crippen LogP contribution in [-0.4, -0.2) is 47.4 Å². The molecule has 0 saturated carbocycles. The van der Waals surface area contributed by atoms with Gasteiger partial charge in [0, 0.05) is 12.8 Å². The molecule has 0 saturated heterocycles. The monoisotopic (exact) mass is 1390 g/mol. The Kier molecular flexibility index (Phi) is 86.3. The Balaban J connectivity index is 3.34. The van der Waals surface area contributed by atoms with Crippen molar-refractivity contribution in [2.75, 3.05) is 13.2 Å². The Hall–Kier alpha value is -2.18. The van der Waals surface area contributed by atoms with Gasteiger partial charge in [-0.05, 0) is 89.9 Å². The first-order valence-electron chi connectivity index (χ1n) is 45.4. The number of nitrogens with one attached hydrogen (secondary N) is 1. The SMILES string of the molecule is CCCCC/C=C\C/C=C\CCCCCCCCCCCC(=O)OCCCCCCCCCCCCCCCCCCCC/C=C\CCCCCCCCCCCCCCCCCCCC(=O)NC(CO)C(O)/C=C/CCCCCCCCCCCCCCCCCCCCCCCC. The third-order valence-corrected chi connectivity index (χ3v) is 21.3. The average Bonchev–Trinajstić information content (AvgIpc) is 2.01. The van der Waals surface area contributed by atoms with Gasteiger partial charge in [-0.15, -0.1) is 0 Å². The molecule has 0 spiro atoms. The number of unbranched alkanes of at least 4 members (excludes halogenated alkanes) is 69. The standard InChI is InChI=1S/C93H177NO5/c1-3-5-7-9-11-13-15-17-19-21-23-24-25-43-46-50-53-57-61-65-69-73-77-81-85-91(96)90(89-95)94-92(97)86-82-78-74-70-66-62-58-54-51-47-44-41-39-37-35-33-31-29-27-26-28-30-32-34-36-38-40-42-45-48-52-56-60-64-68-72-76-80-84-88-99-93(98)87-83-79-75-71-67-63-59-55-49-22-20-18-16-14-12-10-8-6-4-2/h12,14,18,20,26-27,81,85,90-91,95-96H,3-11,13,15-17,19,21-25,28-80,82-84,86-89H2,1-2H3,(H,94,97)/b14-12-,20-18-,27-26-,85-81+. The van der Waals surface area contributed by atoms with Crippen molar-refractivity contribution in [2.45, 2.75) is 520 Å². The molecule has 0 radical (unpaired) electrons. The van der Waals surface area contributed by atoms with E-state index in [1.165, 1.54) is 437 Å². The third-order valence-electron chi connectivity index (χ3n) is 21.3. The van der Waals surface area contributed by atoms with Gasteiger partial charge >= 0.3 is 5.97 Å². The molecular formula is C93H177NO5. The van der Waals surface area contributed by atoms with E-state index in [4.69, 9.17) is 4.74 Å². The zero-order valence-electron chi connectivity index (χ0n) is 67.3. The highest BCUT2D eigenvalue weighted by molar-refractivity contribution is 5.76. The van der Waals surface area contributed by atoms with Crippen molar-refractivity contribution in [2.24, 2.45) is 0 Å². The first-order chi connectivity index (χ1) is 49.0. The van der Waals surface area contributed by atoms with E-state index in [-0.39, 0.29) is 18.5 Å². The van der Waals surface area contributed by atoms with Gasteiger partial charge in [0.1, 0.15) is 0 Å². The van der Waals surface area contributed by atoms with Crippen LogP contribution < -0.4 is 5.32 Å². The quantitative estimate of drug-likeness (QED) is 0.0320. The number of allylic oxidation sites excluding steroid dienone is 7. The highest BCUT2D eigenvalue weighted by Gasteiger charge is 2.18. The molecule has 6 heteroatoms. The number of aliphatic hydroxyl groups is 2. The Morgan fingerprint density at radius 3 is 0.798 bits per heavy atom. The second-order valence-electron chi connectivity index (χ2n) is 31.3. The minimum absolute atomic E-state index is 0.0193. The average molecular weight is 1390 g/mol. The van der Waals surface area contributed by atoms with Gasteiger partial charge in [0.15, 0.2) is 0 Å². The predicted octanol–water partition coefficient (Wildman–Crippen LogP) is 30.7. The van der Waals surface area contributed by atoms with Crippen LogP contribution in [0.3, 0.4) is 0 Å². The number of rotatable bonds is 86. The van der Waals surface area contributed by atoms with E-state index in [1.54, 1.807) is 6.08 Å². The predicted molar refractivity (Wildman–Crippen MR) is 439 cm³/mol. The summed E-state index contributed by atoms with van der Waals surface area (Å²) in [5.74, 6) is -0.0388. The molecule has 0 aliphatic carbocycles. The fraction of sp³-hybridized carbons (Fsp3) is 0.892. The summed E-state index contributed by atoms with van der Waals surface area (Å²) in [6, 6.07) is -0.627. The van der Waals surface area contributed by atoms with Crippen molar-refractivity contribution >= 4 is 11.9 Å². The van der Waals surface area contributed by atoms with Gasteiger partial charge in [-0.2, -0.15) is 0 Å². The Morgan fingerprint density at radius 2 is 0.505 bits per heavy atom. The van der Waals surface area contributed by atoms with Crippen molar-refractivity contribution in [1.29, 1.82) is 0 Å². The van der Waals surface area contributed by atoms with Gasteiger partial charge in [0.25, 0.3) is 0 Å². The van der Waals surface area contributed by atoms with Crippen LogP contribution in [0.25, 0.3) is 0 Å². The molecule has 0 bridgehead atoms. The smallest absolute Gasteiger partial charge is 0.305 e. The van der Waals surface area contributed by atoms with Crippen LogP contribution in [-0.2, 0) is 14.3 Å². The molecule has 3 N–H and O–H groups in total. The molecule has 2 atom stereocenters. The Bertz CT molecular complexity index is 1650. The molecule has 0 rings (SSSR count). The molecule has 99 heavy (non-hydrogen) atoms. The normalized spacial score (nSPS) is 12.6. The van der Waals surface area contributed by atoms with Crippen LogP contribution in [0.2, 0.25) is 0 Å². The molecule has 584 valence electrons. The summed E-state index contributed by atoms with van der Waals surface area (Å²) in [4.78, 5) is 24.7. The molecular weight excluding hydrogens is 1210 g/mol. The molecule has 1 amide bonds. The fourth-order valence-electron chi connectivity index (χ4n) is 14.4. The van der Waals surface area contributed by atoms with Gasteiger partial charge in [-0.25, -0.2) is 0 Å². The molecule has 0 aromatic rings. The number of carbonyl (C=O) groups is 2. The largest absolute Gasteiger partial charge is 0.466 e. The second kappa shape index (κ2) is 88.2. The molecule has 6 nitrogen and oxygen atoms in total. The highest BCUT2D eigenvalue weighted by Crippen LogP contribution is 2.21. The van der Waals surface area contributed by atoms with E-state index in [0.717, 1.165) is 44.9 Å². The molecule has 0 aromatic heterocycles. The maximum Gasteiger partial charge on any atom is 0.305 e. The molecule has 0 aromatic carbocycles. The van der Waals surface area contributed by atoms with E-state index in [0.29, 0.717) is 19.4 Å². The lowest BCUT2D eigenvalue weighted by molar-refractivity contribution is -0.143. The van der Waals surface area contributed by atoms with Gasteiger partial charge in [0.2, 0.25) is 5.91 Å². The van der Waals surface area contributed by atoms with Crippen LogP contribution in [0.15, 0.2) is 48.6 Å². The molecule has 0 fully saturated rings. The van der Waals surface area contributed by atoms with E-state index in [1.807, 2.05) is 6.08 Å². The Morgan fingerprint density at radius 1 is 0.283 bits per heavy atom. The minimum Gasteiger partial charge on any atom is -0.466 e. The van der Waals surface area contributed by atoms with Crippen LogP contribution in [0.4, 0.5) is 0 Å². The van der Waals surface area contributed by atoms with E-state index in [2.05, 4.69) is 55.6 Å². The van der Waals surface area contributed by atoms with Crippen molar-refractivity contribution in [3.05, 3.63) is 48.6 Å². The van der Waals surface area contributed by atoms with Crippen LogP contribution >= 0.6 is 0 Å². The number of hydrogen-bond acceptors (Lipinski definition) is 5. The zero-order chi connectivity index (χ0) is 71.2. The highest BCUT2D eigenvalue weighted by atomic mass is 16.5. The van der Waals surface area contributed by atoms with E-state index < -0.39 is 12.1 Å². The number of esters is 1. The lowest BCUT2D eigenvalue weighted by atomic mass is 10.0. The molecule has 0 heterocycles. The number of aliphatic hydroxyl groups excluding tert-OH is 2. The van der Waals surface area contributed by atoms with Gasteiger partial charge in [-0.3, -0.25) is 9.59 Å². The maximum atomic E-state index is 12.6. The topological polar surface area (TPSA) is 95.9 Å². The molecule has 2 unspecified atom stereocenters. The number of hydrogen-bond donors (Lipinski definition) is 3. The molecule has 0 aliphatic heterocycles. The number of amides is 1. The Labute approximate surface area is 620 Å². The zero-order valence-corrected chi connectivity index (χ0v) is 67.3. The van der Waals surface area contributed by atoms with Crippen LogP contribution in [0, 0.1) is 0 Å². The summed E-state index contributed by atoms with van der Waals surface area (Å²) < 4.78 is 5.52. The number of ether oxygens (including phenoxy) is 1. The summed E-state index contributed by atoms with van der Waals surface area (Å²) in [5.41, 5.74) is 0. The molecule has 0 aliphatic rings. The number of carbonyl (C=O) groups excluding carboxylic acids is 2. The summed E-state index contributed by atoms with van der Waals surface area (Å²) in [6.07, 6.45) is 119. The first kappa shape index (κ1) is 96.8.